The van der Waals surface area contributed by atoms with Crippen LogP contribution in [-0.2, 0) is 9.53 Å². The van der Waals surface area contributed by atoms with Crippen LogP contribution >= 0.6 is 0 Å². The van der Waals surface area contributed by atoms with Gasteiger partial charge in [-0.1, -0.05) is 60.7 Å². The standard InChI is InChI=1S/C16H17NO2/c17-11-16(18)19-12-15(13-7-3-1-4-8-13)14-9-5-2-6-10-14/h1-10,15H,11-12,17H2. The summed E-state index contributed by atoms with van der Waals surface area (Å²) >= 11 is 0. The number of benzene rings is 2. The average Bonchev–Trinajstić information content (AvgIpc) is 2.49. The molecule has 2 rings (SSSR count). The number of rotatable bonds is 5. The Labute approximate surface area is 113 Å². The molecule has 3 heteroatoms. The maximum atomic E-state index is 11.2. The third-order valence-corrected chi connectivity index (χ3v) is 2.98. The highest BCUT2D eigenvalue weighted by molar-refractivity contribution is 5.71. The second kappa shape index (κ2) is 6.71. The van der Waals surface area contributed by atoms with Gasteiger partial charge in [-0.2, -0.15) is 0 Å². The van der Waals surface area contributed by atoms with Gasteiger partial charge < -0.3 is 10.5 Å². The van der Waals surface area contributed by atoms with Crippen molar-refractivity contribution < 1.29 is 9.53 Å². The largest absolute Gasteiger partial charge is 0.464 e. The van der Waals surface area contributed by atoms with Crippen LogP contribution in [-0.4, -0.2) is 19.1 Å². The van der Waals surface area contributed by atoms with E-state index in [2.05, 4.69) is 0 Å². The van der Waals surface area contributed by atoms with Crippen LogP contribution in [0.25, 0.3) is 0 Å². The summed E-state index contributed by atoms with van der Waals surface area (Å²) in [7, 11) is 0. The van der Waals surface area contributed by atoms with Crippen LogP contribution in [0.5, 0.6) is 0 Å². The van der Waals surface area contributed by atoms with E-state index in [1.165, 1.54) is 0 Å². The quantitative estimate of drug-likeness (QED) is 0.834. The van der Waals surface area contributed by atoms with E-state index >= 15 is 0 Å². The number of carbonyl (C=O) groups is 1. The summed E-state index contributed by atoms with van der Waals surface area (Å²) in [6.45, 7) is 0.223. The maximum Gasteiger partial charge on any atom is 0.319 e. The fourth-order valence-corrected chi connectivity index (χ4v) is 1.99. The van der Waals surface area contributed by atoms with Crippen molar-refractivity contribution in [2.75, 3.05) is 13.2 Å². The van der Waals surface area contributed by atoms with E-state index in [9.17, 15) is 4.79 Å². The van der Waals surface area contributed by atoms with Gasteiger partial charge in [0.25, 0.3) is 0 Å². The highest BCUT2D eigenvalue weighted by Crippen LogP contribution is 2.24. The molecule has 98 valence electrons. The van der Waals surface area contributed by atoms with Gasteiger partial charge in [-0.15, -0.1) is 0 Å². The molecule has 3 nitrogen and oxygen atoms in total. The topological polar surface area (TPSA) is 52.3 Å². The molecule has 0 saturated carbocycles. The molecule has 0 unspecified atom stereocenters. The van der Waals surface area contributed by atoms with Crippen LogP contribution in [0, 0.1) is 0 Å². The van der Waals surface area contributed by atoms with Crippen molar-refractivity contribution in [3.8, 4) is 0 Å². The van der Waals surface area contributed by atoms with Crippen LogP contribution in [0.4, 0.5) is 0 Å². The summed E-state index contributed by atoms with van der Waals surface area (Å²) in [5, 5.41) is 0. The molecule has 0 spiro atoms. The molecule has 0 aromatic heterocycles. The monoisotopic (exact) mass is 255 g/mol. The summed E-state index contributed by atoms with van der Waals surface area (Å²) < 4.78 is 5.20. The van der Waals surface area contributed by atoms with Gasteiger partial charge in [-0.3, -0.25) is 4.79 Å². The molecule has 2 aromatic carbocycles. The van der Waals surface area contributed by atoms with Crippen molar-refractivity contribution >= 4 is 5.97 Å². The van der Waals surface area contributed by atoms with Crippen molar-refractivity contribution in [3.63, 3.8) is 0 Å². The first-order chi connectivity index (χ1) is 9.31. The van der Waals surface area contributed by atoms with Crippen LogP contribution < -0.4 is 5.73 Å². The number of hydrogen-bond donors (Lipinski definition) is 1. The zero-order valence-electron chi connectivity index (χ0n) is 10.7. The lowest BCUT2D eigenvalue weighted by molar-refractivity contribution is -0.142. The Kier molecular flexibility index (Phi) is 4.70. The van der Waals surface area contributed by atoms with E-state index in [0.717, 1.165) is 11.1 Å². The van der Waals surface area contributed by atoms with E-state index in [0.29, 0.717) is 6.61 Å². The van der Waals surface area contributed by atoms with Crippen molar-refractivity contribution in [3.05, 3.63) is 71.8 Å². The minimum absolute atomic E-state index is 0.0397. The molecule has 19 heavy (non-hydrogen) atoms. The van der Waals surface area contributed by atoms with Crippen LogP contribution in [0.3, 0.4) is 0 Å². The molecule has 0 heterocycles. The van der Waals surface area contributed by atoms with Gasteiger partial charge in [-0.05, 0) is 11.1 Å². The molecule has 2 N–H and O–H groups in total. The molecule has 0 aliphatic rings. The fraction of sp³-hybridized carbons (Fsp3) is 0.188. The molecule has 2 aromatic rings. The lowest BCUT2D eigenvalue weighted by Gasteiger charge is -2.17. The minimum atomic E-state index is -0.378. The van der Waals surface area contributed by atoms with Gasteiger partial charge in [0.1, 0.15) is 6.61 Å². The minimum Gasteiger partial charge on any atom is -0.464 e. The second-order valence-electron chi connectivity index (χ2n) is 4.26. The predicted octanol–water partition coefficient (Wildman–Crippen LogP) is 2.32. The summed E-state index contributed by atoms with van der Waals surface area (Å²) in [6, 6.07) is 20.0. The molecular weight excluding hydrogens is 238 g/mol. The number of ether oxygens (including phenoxy) is 1. The highest BCUT2D eigenvalue weighted by Gasteiger charge is 2.15. The van der Waals surface area contributed by atoms with Crippen molar-refractivity contribution in [2.45, 2.75) is 5.92 Å². The van der Waals surface area contributed by atoms with Gasteiger partial charge in [0, 0.05) is 5.92 Å². The normalized spacial score (nSPS) is 10.4. The maximum absolute atomic E-state index is 11.2. The first kappa shape index (κ1) is 13.3. The van der Waals surface area contributed by atoms with Gasteiger partial charge in [0.2, 0.25) is 0 Å². The lowest BCUT2D eigenvalue weighted by Crippen LogP contribution is -2.20. The second-order valence-corrected chi connectivity index (χ2v) is 4.26. The van der Waals surface area contributed by atoms with E-state index in [1.54, 1.807) is 0 Å². The molecule has 0 saturated heterocycles. The predicted molar refractivity (Wildman–Crippen MR) is 74.7 cm³/mol. The van der Waals surface area contributed by atoms with Crippen molar-refractivity contribution in [1.29, 1.82) is 0 Å². The zero-order valence-corrected chi connectivity index (χ0v) is 10.7. The molecule has 0 radical (unpaired) electrons. The Hall–Kier alpha value is -2.13. The van der Waals surface area contributed by atoms with Crippen molar-refractivity contribution in [1.82, 2.24) is 0 Å². The molecular formula is C16H17NO2. The Balaban J connectivity index is 2.21. The molecule has 0 atom stereocenters. The molecule has 0 fully saturated rings. The summed E-state index contributed by atoms with van der Waals surface area (Å²) in [6.07, 6.45) is 0. The lowest BCUT2D eigenvalue weighted by atomic mass is 9.92. The molecule has 0 amide bonds. The zero-order chi connectivity index (χ0) is 13.5. The smallest absolute Gasteiger partial charge is 0.319 e. The fourth-order valence-electron chi connectivity index (χ4n) is 1.99. The van der Waals surface area contributed by atoms with Gasteiger partial charge in [-0.25, -0.2) is 0 Å². The summed E-state index contributed by atoms with van der Waals surface area (Å²) in [4.78, 5) is 11.2. The third kappa shape index (κ3) is 3.66. The first-order valence-electron chi connectivity index (χ1n) is 6.27. The summed E-state index contributed by atoms with van der Waals surface area (Å²) in [5.41, 5.74) is 7.51. The van der Waals surface area contributed by atoms with E-state index < -0.39 is 0 Å². The van der Waals surface area contributed by atoms with Crippen LogP contribution in [0.1, 0.15) is 17.0 Å². The number of nitrogens with two attached hydrogens (primary N) is 1. The average molecular weight is 255 g/mol. The summed E-state index contributed by atoms with van der Waals surface area (Å²) in [5.74, 6) is -0.338. The first-order valence-corrected chi connectivity index (χ1v) is 6.27. The molecule has 0 aliphatic heterocycles. The number of carbonyl (C=O) groups excluding carboxylic acids is 1. The van der Waals surface area contributed by atoms with Crippen molar-refractivity contribution in [2.24, 2.45) is 5.73 Å². The van der Waals surface area contributed by atoms with Crippen LogP contribution in [0.15, 0.2) is 60.7 Å². The number of esters is 1. The van der Waals surface area contributed by atoms with Crippen LogP contribution in [0.2, 0.25) is 0 Å². The van der Waals surface area contributed by atoms with Gasteiger partial charge in [0.05, 0.1) is 6.54 Å². The Morgan fingerprint density at radius 2 is 1.42 bits per heavy atom. The Bertz CT molecular complexity index is 471. The number of hydrogen-bond acceptors (Lipinski definition) is 3. The van der Waals surface area contributed by atoms with E-state index in [1.807, 2.05) is 60.7 Å². The van der Waals surface area contributed by atoms with E-state index in [4.69, 9.17) is 10.5 Å². The molecule has 0 aliphatic carbocycles. The molecule has 0 bridgehead atoms. The Morgan fingerprint density at radius 1 is 0.947 bits per heavy atom. The van der Waals surface area contributed by atoms with E-state index in [-0.39, 0.29) is 18.4 Å². The third-order valence-electron chi connectivity index (χ3n) is 2.98. The van der Waals surface area contributed by atoms with Gasteiger partial charge in [0.15, 0.2) is 0 Å². The van der Waals surface area contributed by atoms with Gasteiger partial charge >= 0.3 is 5.97 Å². The SMILES string of the molecule is NCC(=O)OCC(c1ccccc1)c1ccccc1. The Morgan fingerprint density at radius 3 is 1.84 bits per heavy atom. The highest BCUT2D eigenvalue weighted by atomic mass is 16.5.